The molecule has 0 aliphatic carbocycles. The normalized spacial score (nSPS) is 12.7. The second-order valence-electron chi connectivity index (χ2n) is 4.97. The molecule has 5 nitrogen and oxygen atoms in total. The summed E-state index contributed by atoms with van der Waals surface area (Å²) in [5, 5.41) is 2.86. The number of carbonyl (C=O) groups is 2. The van der Waals surface area contributed by atoms with E-state index in [1.165, 1.54) is 7.11 Å². The van der Waals surface area contributed by atoms with E-state index in [1.807, 2.05) is 31.2 Å². The standard InChI is InChI=1S/C15H21BrN2O3.ClH/c1-10(17)3-8-14(19)18-13(9-15(20)21-2)11-4-6-12(16)7-5-11;/h4-7,10,13H,3,8-9,17H2,1-2H3,(H,18,19);1H. The predicted octanol–water partition coefficient (Wildman–Crippen LogP) is 2.72. The van der Waals surface area contributed by atoms with Crippen LogP contribution in [0.5, 0.6) is 0 Å². The number of benzene rings is 1. The quantitative estimate of drug-likeness (QED) is 0.698. The van der Waals surface area contributed by atoms with Crippen molar-refractivity contribution in [2.75, 3.05) is 7.11 Å². The Balaban J connectivity index is 0.00000441. The van der Waals surface area contributed by atoms with E-state index in [-0.39, 0.29) is 36.7 Å². The van der Waals surface area contributed by atoms with Crippen LogP contribution in [0.15, 0.2) is 28.7 Å². The Labute approximate surface area is 145 Å². The highest BCUT2D eigenvalue weighted by Crippen LogP contribution is 2.20. The maximum Gasteiger partial charge on any atom is 0.307 e. The monoisotopic (exact) mass is 392 g/mol. The Morgan fingerprint density at radius 3 is 2.41 bits per heavy atom. The molecule has 0 saturated carbocycles. The van der Waals surface area contributed by atoms with Gasteiger partial charge >= 0.3 is 5.97 Å². The first kappa shape index (κ1) is 20.9. The van der Waals surface area contributed by atoms with Crippen LogP contribution in [-0.4, -0.2) is 25.0 Å². The van der Waals surface area contributed by atoms with Crippen LogP contribution in [-0.2, 0) is 14.3 Å². The first-order chi connectivity index (χ1) is 9.92. The third-order valence-electron chi connectivity index (χ3n) is 3.03. The van der Waals surface area contributed by atoms with Crippen LogP contribution in [0.3, 0.4) is 0 Å². The van der Waals surface area contributed by atoms with E-state index in [9.17, 15) is 9.59 Å². The second kappa shape index (κ2) is 10.6. The lowest BCUT2D eigenvalue weighted by Gasteiger charge is -2.18. The van der Waals surface area contributed by atoms with Crippen molar-refractivity contribution < 1.29 is 14.3 Å². The molecule has 0 heterocycles. The van der Waals surface area contributed by atoms with Gasteiger partial charge in [-0.2, -0.15) is 0 Å². The zero-order chi connectivity index (χ0) is 15.8. The van der Waals surface area contributed by atoms with Crippen molar-refractivity contribution in [1.82, 2.24) is 5.32 Å². The summed E-state index contributed by atoms with van der Waals surface area (Å²) in [6.07, 6.45) is 1.05. The molecule has 0 aliphatic heterocycles. The van der Waals surface area contributed by atoms with Gasteiger partial charge < -0.3 is 15.8 Å². The van der Waals surface area contributed by atoms with Gasteiger partial charge in [0.2, 0.25) is 5.91 Å². The van der Waals surface area contributed by atoms with Gasteiger partial charge in [-0.3, -0.25) is 9.59 Å². The molecule has 0 spiro atoms. The SMILES string of the molecule is COC(=O)CC(NC(=O)CCC(C)N)c1ccc(Br)cc1.Cl. The molecule has 1 aromatic carbocycles. The number of carbonyl (C=O) groups excluding carboxylic acids is 2. The minimum Gasteiger partial charge on any atom is -0.469 e. The molecular weight excluding hydrogens is 372 g/mol. The summed E-state index contributed by atoms with van der Waals surface area (Å²) >= 11 is 3.36. The fraction of sp³-hybridized carbons (Fsp3) is 0.467. The summed E-state index contributed by atoms with van der Waals surface area (Å²) in [6, 6.07) is 7.04. The lowest BCUT2D eigenvalue weighted by Crippen LogP contribution is -2.31. The molecule has 0 aliphatic rings. The van der Waals surface area contributed by atoms with Crippen molar-refractivity contribution in [2.24, 2.45) is 5.73 Å². The average Bonchev–Trinajstić information content (AvgIpc) is 2.45. The van der Waals surface area contributed by atoms with Crippen LogP contribution < -0.4 is 11.1 Å². The van der Waals surface area contributed by atoms with E-state index in [4.69, 9.17) is 5.73 Å². The predicted molar refractivity (Wildman–Crippen MR) is 91.8 cm³/mol. The molecule has 1 rings (SSSR count). The summed E-state index contributed by atoms with van der Waals surface area (Å²) in [6.45, 7) is 1.86. The molecular formula is C15H22BrClN2O3. The zero-order valence-corrected chi connectivity index (χ0v) is 15.1. The number of ether oxygens (including phenoxy) is 1. The third kappa shape index (κ3) is 7.77. The number of halogens is 2. The maximum atomic E-state index is 11.9. The fourth-order valence-electron chi connectivity index (χ4n) is 1.82. The first-order valence-corrected chi connectivity index (χ1v) is 7.59. The van der Waals surface area contributed by atoms with E-state index in [2.05, 4.69) is 26.0 Å². The summed E-state index contributed by atoms with van der Waals surface area (Å²) < 4.78 is 5.62. The Kier molecular flexibility index (Phi) is 10.1. The van der Waals surface area contributed by atoms with Crippen LogP contribution >= 0.6 is 28.3 Å². The van der Waals surface area contributed by atoms with Crippen molar-refractivity contribution in [3.05, 3.63) is 34.3 Å². The van der Waals surface area contributed by atoms with Crippen LogP contribution in [0, 0.1) is 0 Å². The molecule has 22 heavy (non-hydrogen) atoms. The summed E-state index contributed by atoms with van der Waals surface area (Å²) in [5.41, 5.74) is 6.50. The summed E-state index contributed by atoms with van der Waals surface area (Å²) in [5.74, 6) is -0.487. The molecule has 0 radical (unpaired) electrons. The number of amides is 1. The van der Waals surface area contributed by atoms with E-state index < -0.39 is 6.04 Å². The van der Waals surface area contributed by atoms with E-state index >= 15 is 0 Å². The highest BCUT2D eigenvalue weighted by Gasteiger charge is 2.19. The van der Waals surface area contributed by atoms with Crippen LogP contribution in [0.1, 0.15) is 37.8 Å². The number of rotatable bonds is 7. The van der Waals surface area contributed by atoms with Crippen molar-refractivity contribution >= 4 is 40.2 Å². The van der Waals surface area contributed by atoms with E-state index in [1.54, 1.807) is 0 Å². The number of nitrogens with two attached hydrogens (primary N) is 1. The minimum atomic E-state index is -0.397. The third-order valence-corrected chi connectivity index (χ3v) is 3.56. The van der Waals surface area contributed by atoms with Gasteiger partial charge in [0.1, 0.15) is 0 Å². The Bertz CT molecular complexity index is 480. The smallest absolute Gasteiger partial charge is 0.307 e. The van der Waals surface area contributed by atoms with Gasteiger partial charge in [-0.15, -0.1) is 12.4 Å². The van der Waals surface area contributed by atoms with Crippen molar-refractivity contribution in [3.8, 4) is 0 Å². The zero-order valence-electron chi connectivity index (χ0n) is 12.7. The first-order valence-electron chi connectivity index (χ1n) is 6.79. The molecule has 7 heteroatoms. The lowest BCUT2D eigenvalue weighted by molar-refractivity contribution is -0.141. The number of hydrogen-bond donors (Lipinski definition) is 2. The highest BCUT2D eigenvalue weighted by molar-refractivity contribution is 9.10. The van der Waals surface area contributed by atoms with Crippen molar-refractivity contribution in [2.45, 2.75) is 38.3 Å². The molecule has 2 unspecified atom stereocenters. The molecule has 0 aromatic heterocycles. The molecule has 124 valence electrons. The summed E-state index contributed by atoms with van der Waals surface area (Å²) in [7, 11) is 1.33. The van der Waals surface area contributed by atoms with Crippen molar-refractivity contribution in [1.29, 1.82) is 0 Å². The molecule has 1 aromatic rings. The molecule has 1 amide bonds. The maximum absolute atomic E-state index is 11.9. The Hall–Kier alpha value is -1.11. The van der Waals surface area contributed by atoms with Gasteiger partial charge in [0.15, 0.2) is 0 Å². The van der Waals surface area contributed by atoms with Crippen LogP contribution in [0.4, 0.5) is 0 Å². The number of esters is 1. The second-order valence-corrected chi connectivity index (χ2v) is 5.88. The fourth-order valence-corrected chi connectivity index (χ4v) is 2.09. The van der Waals surface area contributed by atoms with Crippen molar-refractivity contribution in [3.63, 3.8) is 0 Å². The minimum absolute atomic E-state index is 0. The van der Waals surface area contributed by atoms with Gasteiger partial charge in [-0.25, -0.2) is 0 Å². The molecule has 0 fully saturated rings. The van der Waals surface area contributed by atoms with E-state index in [0.717, 1.165) is 10.0 Å². The largest absolute Gasteiger partial charge is 0.469 e. The number of hydrogen-bond acceptors (Lipinski definition) is 4. The molecule has 3 N–H and O–H groups in total. The van der Waals surface area contributed by atoms with Gasteiger partial charge in [0, 0.05) is 16.9 Å². The average molecular weight is 394 g/mol. The van der Waals surface area contributed by atoms with Gasteiger partial charge in [0.05, 0.1) is 19.6 Å². The van der Waals surface area contributed by atoms with Crippen LogP contribution in [0.25, 0.3) is 0 Å². The highest BCUT2D eigenvalue weighted by atomic mass is 79.9. The Morgan fingerprint density at radius 1 is 1.32 bits per heavy atom. The van der Waals surface area contributed by atoms with E-state index in [0.29, 0.717) is 12.8 Å². The van der Waals surface area contributed by atoms with Crippen LogP contribution in [0.2, 0.25) is 0 Å². The molecule has 0 bridgehead atoms. The molecule has 2 atom stereocenters. The number of nitrogens with one attached hydrogen (secondary N) is 1. The summed E-state index contributed by atoms with van der Waals surface area (Å²) in [4.78, 5) is 23.4. The topological polar surface area (TPSA) is 81.4 Å². The van der Waals surface area contributed by atoms with Gasteiger partial charge in [-0.1, -0.05) is 28.1 Å². The van der Waals surface area contributed by atoms with Gasteiger partial charge in [-0.05, 0) is 31.0 Å². The molecule has 0 saturated heterocycles. The number of methoxy groups -OCH3 is 1. The Morgan fingerprint density at radius 2 is 1.91 bits per heavy atom. The lowest BCUT2D eigenvalue weighted by atomic mass is 10.0. The van der Waals surface area contributed by atoms with Gasteiger partial charge in [0.25, 0.3) is 0 Å².